The quantitative estimate of drug-likeness (QED) is 0.635. The Kier molecular flexibility index (Phi) is 7.52. The summed E-state index contributed by atoms with van der Waals surface area (Å²) in [5.74, 6) is 0.902. The van der Waals surface area contributed by atoms with Gasteiger partial charge in [0.05, 0.1) is 6.61 Å². The highest BCUT2D eigenvalue weighted by atomic mass is 32.2. The minimum Gasteiger partial charge on any atom is -0.494 e. The number of ether oxygens (including phenoxy) is 1. The van der Waals surface area contributed by atoms with Crippen LogP contribution in [0.15, 0.2) is 30.3 Å². The van der Waals surface area contributed by atoms with Crippen LogP contribution in [0.1, 0.15) is 38.5 Å². The predicted molar refractivity (Wildman–Crippen MR) is 108 cm³/mol. The largest absolute Gasteiger partial charge is 0.494 e. The average molecular weight is 396 g/mol. The van der Waals surface area contributed by atoms with Gasteiger partial charge in [-0.25, -0.2) is 0 Å². The molecule has 0 radical (unpaired) electrons. The van der Waals surface area contributed by atoms with E-state index in [0.717, 1.165) is 57.5 Å². The molecule has 3 rings (SSSR count). The summed E-state index contributed by atoms with van der Waals surface area (Å²) in [4.78, 5) is 2.33. The maximum Gasteiger partial charge on any atom is 0.282 e. The Bertz CT molecular complexity index is 654. The first kappa shape index (κ1) is 20.6. The van der Waals surface area contributed by atoms with E-state index in [-0.39, 0.29) is 6.04 Å². The van der Waals surface area contributed by atoms with Crippen molar-refractivity contribution >= 4 is 10.2 Å². The molecule has 0 N–H and O–H groups in total. The van der Waals surface area contributed by atoms with Crippen LogP contribution in [0.5, 0.6) is 5.75 Å². The van der Waals surface area contributed by atoms with Crippen molar-refractivity contribution in [2.24, 2.45) is 0 Å². The molecule has 1 saturated carbocycles. The normalized spacial score (nSPS) is 20.8. The first-order valence-corrected chi connectivity index (χ1v) is 11.6. The highest BCUT2D eigenvalue weighted by Crippen LogP contribution is 2.25. The summed E-state index contributed by atoms with van der Waals surface area (Å²) in [6.45, 7) is 4.39. The topological polar surface area (TPSA) is 53.1 Å². The number of para-hydroxylation sites is 1. The summed E-state index contributed by atoms with van der Waals surface area (Å²) < 4.78 is 34.9. The predicted octanol–water partition coefficient (Wildman–Crippen LogP) is 2.58. The second-order valence-electron chi connectivity index (χ2n) is 7.57. The van der Waals surface area contributed by atoms with Crippen molar-refractivity contribution in [3.63, 3.8) is 0 Å². The van der Waals surface area contributed by atoms with Gasteiger partial charge in [-0.3, -0.25) is 0 Å². The lowest BCUT2D eigenvalue weighted by Crippen LogP contribution is -2.54. The summed E-state index contributed by atoms with van der Waals surface area (Å²) in [5, 5.41) is 0. The van der Waals surface area contributed by atoms with Crippen molar-refractivity contribution in [1.82, 2.24) is 13.5 Å². The van der Waals surface area contributed by atoms with E-state index < -0.39 is 10.2 Å². The first-order chi connectivity index (χ1) is 13.1. The number of benzene rings is 1. The van der Waals surface area contributed by atoms with Crippen LogP contribution in [0.4, 0.5) is 0 Å². The Morgan fingerprint density at radius 2 is 1.70 bits per heavy atom. The van der Waals surface area contributed by atoms with Gasteiger partial charge in [0.15, 0.2) is 0 Å². The van der Waals surface area contributed by atoms with E-state index in [2.05, 4.69) is 4.90 Å². The van der Waals surface area contributed by atoms with Crippen LogP contribution in [0.3, 0.4) is 0 Å². The van der Waals surface area contributed by atoms with Crippen LogP contribution < -0.4 is 4.74 Å². The molecule has 1 aliphatic heterocycles. The molecule has 2 fully saturated rings. The molecule has 0 aromatic heterocycles. The fourth-order valence-electron chi connectivity index (χ4n) is 3.99. The van der Waals surface area contributed by atoms with Crippen LogP contribution >= 0.6 is 0 Å². The fourth-order valence-corrected chi connectivity index (χ4v) is 5.57. The van der Waals surface area contributed by atoms with Crippen molar-refractivity contribution in [2.45, 2.75) is 44.6 Å². The maximum atomic E-state index is 12.9. The van der Waals surface area contributed by atoms with Crippen LogP contribution in [0, 0.1) is 0 Å². The molecule has 0 spiro atoms. The van der Waals surface area contributed by atoms with E-state index in [1.54, 1.807) is 15.7 Å². The molecule has 7 heteroatoms. The van der Waals surface area contributed by atoms with Gasteiger partial charge in [0.1, 0.15) is 5.75 Å². The Balaban J connectivity index is 1.38. The molecule has 27 heavy (non-hydrogen) atoms. The van der Waals surface area contributed by atoms with E-state index in [0.29, 0.717) is 19.7 Å². The molecule has 0 unspecified atom stereocenters. The maximum absolute atomic E-state index is 12.9. The Morgan fingerprint density at radius 3 is 2.37 bits per heavy atom. The number of hydrogen-bond donors (Lipinski definition) is 0. The van der Waals surface area contributed by atoms with Gasteiger partial charge in [-0.15, -0.1) is 0 Å². The van der Waals surface area contributed by atoms with E-state index in [1.807, 2.05) is 30.3 Å². The molecule has 6 nitrogen and oxygen atoms in total. The average Bonchev–Trinajstić information content (AvgIpc) is 2.72. The standard InChI is InChI=1S/C20H33N3O3S/c1-21(19-9-4-2-5-10-19)27(24,25)23-16-14-22(15-17-23)13-8-18-26-20-11-6-3-7-12-20/h3,6-7,11-12,19H,2,4-5,8-10,13-18H2,1H3. The second-order valence-corrected chi connectivity index (χ2v) is 9.56. The smallest absolute Gasteiger partial charge is 0.282 e. The SMILES string of the molecule is CN(C1CCCCC1)S(=O)(=O)N1CCN(CCCOc2ccccc2)CC1. The van der Waals surface area contributed by atoms with E-state index in [9.17, 15) is 8.42 Å². The molecule has 1 aliphatic carbocycles. The lowest BCUT2D eigenvalue weighted by molar-refractivity contribution is 0.165. The number of hydrogen-bond acceptors (Lipinski definition) is 4. The van der Waals surface area contributed by atoms with Crippen molar-refractivity contribution in [2.75, 3.05) is 46.4 Å². The molecule has 152 valence electrons. The van der Waals surface area contributed by atoms with E-state index in [4.69, 9.17) is 4.74 Å². The highest BCUT2D eigenvalue weighted by molar-refractivity contribution is 7.86. The van der Waals surface area contributed by atoms with Crippen LogP contribution in [-0.2, 0) is 10.2 Å². The van der Waals surface area contributed by atoms with Crippen molar-refractivity contribution < 1.29 is 13.2 Å². The van der Waals surface area contributed by atoms with Gasteiger partial charge in [0, 0.05) is 45.8 Å². The molecule has 0 atom stereocenters. The molecule has 2 aliphatic rings. The molecular formula is C20H33N3O3S. The number of piperazine rings is 1. The van der Waals surface area contributed by atoms with Gasteiger partial charge in [-0.1, -0.05) is 37.5 Å². The van der Waals surface area contributed by atoms with Gasteiger partial charge >= 0.3 is 0 Å². The van der Waals surface area contributed by atoms with Gasteiger partial charge in [-0.05, 0) is 31.4 Å². The monoisotopic (exact) mass is 395 g/mol. The fraction of sp³-hybridized carbons (Fsp3) is 0.700. The van der Waals surface area contributed by atoms with Gasteiger partial charge in [0.2, 0.25) is 0 Å². The summed E-state index contributed by atoms with van der Waals surface area (Å²) >= 11 is 0. The zero-order valence-electron chi connectivity index (χ0n) is 16.4. The van der Waals surface area contributed by atoms with Gasteiger partial charge in [0.25, 0.3) is 10.2 Å². The third-order valence-corrected chi connectivity index (χ3v) is 7.78. The first-order valence-electron chi connectivity index (χ1n) is 10.2. The third-order valence-electron chi connectivity index (χ3n) is 5.74. The lowest BCUT2D eigenvalue weighted by atomic mass is 9.96. The minimum atomic E-state index is -3.33. The molecule has 1 heterocycles. The number of nitrogens with zero attached hydrogens (tertiary/aromatic N) is 3. The lowest BCUT2D eigenvalue weighted by Gasteiger charge is -2.38. The summed E-state index contributed by atoms with van der Waals surface area (Å²) in [6, 6.07) is 10.0. The Labute approximate surface area is 164 Å². The molecule has 1 aromatic carbocycles. The van der Waals surface area contributed by atoms with E-state index in [1.165, 1.54) is 6.42 Å². The Hall–Kier alpha value is -1.15. The minimum absolute atomic E-state index is 0.178. The number of rotatable bonds is 8. The zero-order chi connectivity index (χ0) is 19.1. The molecule has 0 bridgehead atoms. The molecule has 1 saturated heterocycles. The molecular weight excluding hydrogens is 362 g/mol. The Morgan fingerprint density at radius 1 is 1.04 bits per heavy atom. The molecule has 0 amide bonds. The zero-order valence-corrected chi connectivity index (χ0v) is 17.2. The van der Waals surface area contributed by atoms with Crippen molar-refractivity contribution in [1.29, 1.82) is 0 Å². The summed E-state index contributed by atoms with van der Waals surface area (Å²) in [5.41, 5.74) is 0. The van der Waals surface area contributed by atoms with Gasteiger partial charge in [-0.2, -0.15) is 17.0 Å². The van der Waals surface area contributed by atoms with Crippen molar-refractivity contribution in [3.8, 4) is 5.75 Å². The summed E-state index contributed by atoms with van der Waals surface area (Å²) in [6.07, 6.45) is 6.46. The van der Waals surface area contributed by atoms with Crippen LogP contribution in [0.25, 0.3) is 0 Å². The van der Waals surface area contributed by atoms with Crippen LogP contribution in [-0.4, -0.2) is 74.3 Å². The third kappa shape index (κ3) is 5.67. The van der Waals surface area contributed by atoms with Crippen molar-refractivity contribution in [3.05, 3.63) is 30.3 Å². The highest BCUT2D eigenvalue weighted by Gasteiger charge is 2.34. The molecule has 1 aromatic rings. The van der Waals surface area contributed by atoms with Crippen LogP contribution in [0.2, 0.25) is 0 Å². The summed E-state index contributed by atoms with van der Waals surface area (Å²) in [7, 11) is -1.57. The van der Waals surface area contributed by atoms with Gasteiger partial charge < -0.3 is 9.64 Å². The second kappa shape index (κ2) is 9.87. The van der Waals surface area contributed by atoms with E-state index >= 15 is 0 Å².